The molecule has 0 fully saturated rings. The number of aromatic nitrogens is 1. The van der Waals surface area contributed by atoms with Gasteiger partial charge in [-0.2, -0.15) is 0 Å². The van der Waals surface area contributed by atoms with Crippen LogP contribution in [0.4, 0.5) is 0 Å². The Morgan fingerprint density at radius 2 is 1.90 bits per heavy atom. The van der Waals surface area contributed by atoms with Crippen LogP contribution in [-0.4, -0.2) is 17.5 Å². The Labute approximate surface area is 117 Å². The molecule has 0 bridgehead atoms. The number of carbonyl (C=O) groups excluding carboxylic acids is 1. The normalized spacial score (nSPS) is 10.6. The maximum Gasteiger partial charge on any atom is 0.150 e. The fourth-order valence-corrected chi connectivity index (χ4v) is 2.27. The molecule has 0 spiro atoms. The van der Waals surface area contributed by atoms with E-state index in [1.165, 1.54) is 0 Å². The Bertz CT molecular complexity index is 716. The molecule has 0 amide bonds. The van der Waals surface area contributed by atoms with Gasteiger partial charge in [0.05, 0.1) is 6.54 Å². The number of rotatable bonds is 5. The summed E-state index contributed by atoms with van der Waals surface area (Å²) in [5, 5.41) is 1.08. The zero-order valence-corrected chi connectivity index (χ0v) is 11.0. The average molecular weight is 265 g/mol. The number of hydrogen-bond acceptors (Lipinski definition) is 2. The summed E-state index contributed by atoms with van der Waals surface area (Å²) in [5.74, 6) is 0.882. The lowest BCUT2D eigenvalue weighted by Crippen LogP contribution is -2.07. The summed E-state index contributed by atoms with van der Waals surface area (Å²) in [6.07, 6.45) is 2.89. The van der Waals surface area contributed by atoms with Crippen molar-refractivity contribution in [2.24, 2.45) is 0 Å². The summed E-state index contributed by atoms with van der Waals surface area (Å²) in [6.45, 7) is 1.39. The molecule has 1 heterocycles. The van der Waals surface area contributed by atoms with Crippen LogP contribution in [0.25, 0.3) is 10.9 Å². The van der Waals surface area contributed by atoms with Crippen molar-refractivity contribution in [2.45, 2.75) is 6.54 Å². The molecule has 0 aliphatic rings. The van der Waals surface area contributed by atoms with E-state index in [0.29, 0.717) is 12.2 Å². The minimum atomic E-state index is 0.614. The zero-order chi connectivity index (χ0) is 13.8. The number of fused-ring (bicyclic) bond motifs is 1. The third-order valence-corrected chi connectivity index (χ3v) is 3.28. The van der Waals surface area contributed by atoms with Crippen molar-refractivity contribution in [3.05, 3.63) is 66.4 Å². The van der Waals surface area contributed by atoms with E-state index in [2.05, 4.69) is 4.57 Å². The van der Waals surface area contributed by atoms with Crippen LogP contribution in [0, 0.1) is 0 Å². The highest BCUT2D eigenvalue weighted by atomic mass is 16.5. The molecule has 100 valence electrons. The monoisotopic (exact) mass is 265 g/mol. The van der Waals surface area contributed by atoms with E-state index >= 15 is 0 Å². The number of nitrogens with zero attached hydrogens (tertiary/aromatic N) is 1. The first-order valence-corrected chi connectivity index (χ1v) is 6.59. The molecule has 0 aliphatic carbocycles. The predicted molar refractivity (Wildman–Crippen MR) is 79.3 cm³/mol. The number of carbonyl (C=O) groups is 1. The standard InChI is InChI=1S/C17H15NO2/c19-13-14-6-7-17-15(12-14)8-9-18(17)10-11-20-16-4-2-1-3-5-16/h1-9,12-13H,10-11H2. The van der Waals surface area contributed by atoms with Gasteiger partial charge in [0.1, 0.15) is 18.6 Å². The number of ether oxygens (including phenoxy) is 1. The van der Waals surface area contributed by atoms with Crippen molar-refractivity contribution in [2.75, 3.05) is 6.61 Å². The van der Waals surface area contributed by atoms with E-state index in [9.17, 15) is 4.79 Å². The van der Waals surface area contributed by atoms with E-state index in [0.717, 1.165) is 29.5 Å². The Balaban J connectivity index is 1.70. The van der Waals surface area contributed by atoms with Crippen molar-refractivity contribution >= 4 is 17.2 Å². The molecule has 0 radical (unpaired) electrons. The second-order valence-electron chi connectivity index (χ2n) is 4.61. The van der Waals surface area contributed by atoms with Gasteiger partial charge in [-0.05, 0) is 36.4 Å². The van der Waals surface area contributed by atoms with Crippen molar-refractivity contribution in [1.29, 1.82) is 0 Å². The molecular weight excluding hydrogens is 250 g/mol. The van der Waals surface area contributed by atoms with Crippen LogP contribution in [0.5, 0.6) is 5.75 Å². The second-order valence-corrected chi connectivity index (χ2v) is 4.61. The average Bonchev–Trinajstić information content (AvgIpc) is 2.91. The van der Waals surface area contributed by atoms with Gasteiger partial charge in [0.25, 0.3) is 0 Å². The van der Waals surface area contributed by atoms with Crippen LogP contribution in [-0.2, 0) is 6.54 Å². The third kappa shape index (κ3) is 2.57. The molecule has 0 atom stereocenters. The lowest BCUT2D eigenvalue weighted by atomic mass is 10.2. The number of para-hydroxylation sites is 1. The van der Waals surface area contributed by atoms with Crippen LogP contribution in [0.2, 0.25) is 0 Å². The van der Waals surface area contributed by atoms with E-state index in [4.69, 9.17) is 4.74 Å². The van der Waals surface area contributed by atoms with Crippen LogP contribution >= 0.6 is 0 Å². The van der Waals surface area contributed by atoms with Gasteiger partial charge in [-0.25, -0.2) is 0 Å². The van der Waals surface area contributed by atoms with Crippen LogP contribution in [0.15, 0.2) is 60.8 Å². The van der Waals surface area contributed by atoms with Crippen molar-refractivity contribution in [3.8, 4) is 5.75 Å². The lowest BCUT2D eigenvalue weighted by molar-refractivity contribution is 0.112. The number of aldehydes is 1. The second kappa shape index (κ2) is 5.61. The highest BCUT2D eigenvalue weighted by Crippen LogP contribution is 2.17. The van der Waals surface area contributed by atoms with Gasteiger partial charge in [0.15, 0.2) is 0 Å². The molecule has 0 unspecified atom stereocenters. The highest BCUT2D eigenvalue weighted by molar-refractivity contribution is 5.87. The molecule has 3 heteroatoms. The number of hydrogen-bond donors (Lipinski definition) is 0. The van der Waals surface area contributed by atoms with Crippen LogP contribution in [0.1, 0.15) is 10.4 Å². The Morgan fingerprint density at radius 3 is 2.70 bits per heavy atom. The molecule has 3 nitrogen and oxygen atoms in total. The molecule has 3 aromatic rings. The van der Waals surface area contributed by atoms with Gasteiger partial charge in [-0.1, -0.05) is 18.2 Å². The molecule has 0 saturated carbocycles. The maximum atomic E-state index is 10.8. The molecule has 0 aliphatic heterocycles. The minimum Gasteiger partial charge on any atom is -0.492 e. The summed E-state index contributed by atoms with van der Waals surface area (Å²) in [6, 6.07) is 17.5. The summed E-state index contributed by atoms with van der Waals surface area (Å²) in [4.78, 5) is 10.8. The number of benzene rings is 2. The summed E-state index contributed by atoms with van der Waals surface area (Å²) >= 11 is 0. The van der Waals surface area contributed by atoms with Crippen molar-refractivity contribution < 1.29 is 9.53 Å². The Morgan fingerprint density at radius 1 is 1.05 bits per heavy atom. The fourth-order valence-electron chi connectivity index (χ4n) is 2.27. The SMILES string of the molecule is O=Cc1ccc2c(ccn2CCOc2ccccc2)c1. The molecule has 20 heavy (non-hydrogen) atoms. The summed E-state index contributed by atoms with van der Waals surface area (Å²) in [7, 11) is 0. The Hall–Kier alpha value is -2.55. The molecular formula is C17H15NO2. The minimum absolute atomic E-state index is 0.614. The van der Waals surface area contributed by atoms with E-state index in [1.54, 1.807) is 0 Å². The predicted octanol–water partition coefficient (Wildman–Crippen LogP) is 3.53. The van der Waals surface area contributed by atoms with Crippen LogP contribution in [0.3, 0.4) is 0 Å². The maximum absolute atomic E-state index is 10.8. The Kier molecular flexibility index (Phi) is 3.50. The first-order chi connectivity index (χ1) is 9.86. The first kappa shape index (κ1) is 12.5. The van der Waals surface area contributed by atoms with Gasteiger partial charge in [0, 0.05) is 22.7 Å². The third-order valence-electron chi connectivity index (χ3n) is 3.28. The topological polar surface area (TPSA) is 31.2 Å². The fraction of sp³-hybridized carbons (Fsp3) is 0.118. The summed E-state index contributed by atoms with van der Waals surface area (Å²) in [5.41, 5.74) is 1.82. The van der Waals surface area contributed by atoms with E-state index < -0.39 is 0 Å². The largest absolute Gasteiger partial charge is 0.492 e. The summed E-state index contributed by atoms with van der Waals surface area (Å²) < 4.78 is 7.83. The molecule has 3 rings (SSSR count). The zero-order valence-electron chi connectivity index (χ0n) is 11.0. The van der Waals surface area contributed by atoms with Gasteiger partial charge in [-0.3, -0.25) is 4.79 Å². The lowest BCUT2D eigenvalue weighted by Gasteiger charge is -2.08. The van der Waals surface area contributed by atoms with Gasteiger partial charge in [0.2, 0.25) is 0 Å². The van der Waals surface area contributed by atoms with Crippen molar-refractivity contribution in [1.82, 2.24) is 4.57 Å². The molecule has 2 aromatic carbocycles. The highest BCUT2D eigenvalue weighted by Gasteiger charge is 2.02. The molecule has 1 aromatic heterocycles. The van der Waals surface area contributed by atoms with E-state index in [-0.39, 0.29) is 0 Å². The molecule has 0 N–H and O–H groups in total. The molecule has 0 saturated heterocycles. The van der Waals surface area contributed by atoms with Crippen LogP contribution < -0.4 is 4.74 Å². The quantitative estimate of drug-likeness (QED) is 0.661. The van der Waals surface area contributed by atoms with Gasteiger partial charge < -0.3 is 9.30 Å². The smallest absolute Gasteiger partial charge is 0.150 e. The van der Waals surface area contributed by atoms with Crippen molar-refractivity contribution in [3.63, 3.8) is 0 Å². The van der Waals surface area contributed by atoms with Gasteiger partial charge in [-0.15, -0.1) is 0 Å². The first-order valence-electron chi connectivity index (χ1n) is 6.59. The van der Waals surface area contributed by atoms with E-state index in [1.807, 2.05) is 60.8 Å². The van der Waals surface area contributed by atoms with Gasteiger partial charge >= 0.3 is 0 Å².